The van der Waals surface area contributed by atoms with Crippen LogP contribution in [0.1, 0.15) is 35.5 Å². The molecule has 0 aromatic carbocycles. The van der Waals surface area contributed by atoms with Gasteiger partial charge in [-0.05, 0) is 43.2 Å². The molecular formula is C15H23N3OS. The summed E-state index contributed by atoms with van der Waals surface area (Å²) in [4.78, 5) is 0. The van der Waals surface area contributed by atoms with Gasteiger partial charge in [-0.3, -0.25) is 4.68 Å². The lowest BCUT2D eigenvalue weighted by atomic mass is 10.1. The quantitative estimate of drug-likeness (QED) is 0.853. The minimum Gasteiger partial charge on any atom is -0.383 e. The topological polar surface area (TPSA) is 39.1 Å². The van der Waals surface area contributed by atoms with Crippen molar-refractivity contribution in [2.45, 2.75) is 39.9 Å². The number of methoxy groups -OCH3 is 1. The molecule has 0 bridgehead atoms. The van der Waals surface area contributed by atoms with Gasteiger partial charge in [0.1, 0.15) is 0 Å². The summed E-state index contributed by atoms with van der Waals surface area (Å²) in [6, 6.07) is 2.53. The van der Waals surface area contributed by atoms with Gasteiger partial charge in [0.15, 0.2) is 0 Å². The molecule has 2 aromatic rings. The molecule has 0 saturated heterocycles. The van der Waals surface area contributed by atoms with Gasteiger partial charge >= 0.3 is 0 Å². The lowest BCUT2D eigenvalue weighted by Crippen LogP contribution is -2.18. The van der Waals surface area contributed by atoms with Crippen molar-refractivity contribution in [3.8, 4) is 0 Å². The van der Waals surface area contributed by atoms with Gasteiger partial charge in [0.2, 0.25) is 0 Å². The highest BCUT2D eigenvalue weighted by Crippen LogP contribution is 2.18. The molecule has 2 heterocycles. The van der Waals surface area contributed by atoms with E-state index >= 15 is 0 Å². The van der Waals surface area contributed by atoms with E-state index in [1.807, 2.05) is 4.68 Å². The second kappa shape index (κ2) is 7.02. The first kappa shape index (κ1) is 15.2. The minimum atomic E-state index is 0.363. The first-order chi connectivity index (χ1) is 9.63. The Balaban J connectivity index is 2.00. The molecule has 5 heteroatoms. The summed E-state index contributed by atoms with van der Waals surface area (Å²) in [6.45, 7) is 8.75. The fourth-order valence-corrected chi connectivity index (χ4v) is 3.03. The van der Waals surface area contributed by atoms with Crippen LogP contribution >= 0.6 is 11.3 Å². The third-order valence-electron chi connectivity index (χ3n) is 3.67. The van der Waals surface area contributed by atoms with Gasteiger partial charge in [-0.1, -0.05) is 0 Å². The molecule has 1 atom stereocenters. The summed E-state index contributed by atoms with van der Waals surface area (Å²) in [5, 5.41) is 12.5. The number of thiophene rings is 1. The van der Waals surface area contributed by atoms with Gasteiger partial charge in [0, 0.05) is 31.0 Å². The van der Waals surface area contributed by atoms with Crippen LogP contribution in [-0.2, 0) is 17.8 Å². The fourth-order valence-electron chi connectivity index (χ4n) is 2.28. The Morgan fingerprint density at radius 2 is 2.25 bits per heavy atom. The molecule has 0 aliphatic rings. The molecule has 0 spiro atoms. The Morgan fingerprint density at radius 3 is 2.90 bits per heavy atom. The molecule has 0 radical (unpaired) electrons. The summed E-state index contributed by atoms with van der Waals surface area (Å²) in [7, 11) is 1.72. The number of rotatable bonds is 7. The first-order valence-corrected chi connectivity index (χ1v) is 7.85. The van der Waals surface area contributed by atoms with E-state index < -0.39 is 0 Å². The molecule has 0 saturated carbocycles. The third-order valence-corrected chi connectivity index (χ3v) is 4.37. The zero-order chi connectivity index (χ0) is 14.5. The number of aromatic nitrogens is 2. The highest BCUT2D eigenvalue weighted by molar-refractivity contribution is 7.07. The van der Waals surface area contributed by atoms with E-state index in [1.54, 1.807) is 18.4 Å². The first-order valence-electron chi connectivity index (χ1n) is 6.90. The minimum absolute atomic E-state index is 0.363. The van der Waals surface area contributed by atoms with Crippen LogP contribution in [0.25, 0.3) is 0 Å². The number of nitrogens with one attached hydrogen (secondary N) is 1. The summed E-state index contributed by atoms with van der Waals surface area (Å²) in [5.41, 5.74) is 4.97. The van der Waals surface area contributed by atoms with E-state index in [0.29, 0.717) is 12.6 Å². The molecule has 2 rings (SSSR count). The smallest absolute Gasteiger partial charge is 0.0658 e. The molecule has 4 nitrogen and oxygen atoms in total. The zero-order valence-corrected chi connectivity index (χ0v) is 13.5. The van der Waals surface area contributed by atoms with Crippen molar-refractivity contribution in [1.29, 1.82) is 0 Å². The van der Waals surface area contributed by atoms with Crippen molar-refractivity contribution in [3.63, 3.8) is 0 Å². The molecule has 110 valence electrons. The molecule has 0 aliphatic heterocycles. The normalized spacial score (nSPS) is 12.8. The average molecular weight is 293 g/mol. The van der Waals surface area contributed by atoms with Crippen LogP contribution < -0.4 is 5.32 Å². The second-order valence-electron chi connectivity index (χ2n) is 5.02. The maximum atomic E-state index is 5.12. The maximum absolute atomic E-state index is 5.12. The van der Waals surface area contributed by atoms with Crippen LogP contribution in [0.2, 0.25) is 0 Å². The molecule has 0 fully saturated rings. The van der Waals surface area contributed by atoms with Crippen molar-refractivity contribution in [3.05, 3.63) is 39.3 Å². The van der Waals surface area contributed by atoms with Gasteiger partial charge < -0.3 is 10.1 Å². The summed E-state index contributed by atoms with van der Waals surface area (Å²) in [6.07, 6.45) is 0. The molecule has 0 unspecified atom stereocenters. The van der Waals surface area contributed by atoms with Crippen LogP contribution in [-0.4, -0.2) is 23.5 Å². The largest absolute Gasteiger partial charge is 0.383 e. The second-order valence-corrected chi connectivity index (χ2v) is 5.80. The highest BCUT2D eigenvalue weighted by Gasteiger charge is 2.13. The van der Waals surface area contributed by atoms with E-state index in [-0.39, 0.29) is 0 Å². The summed E-state index contributed by atoms with van der Waals surface area (Å²) < 4.78 is 7.15. The van der Waals surface area contributed by atoms with Crippen molar-refractivity contribution >= 4 is 11.3 Å². The van der Waals surface area contributed by atoms with Crippen LogP contribution in [0.5, 0.6) is 0 Å². The standard InChI is InChI=1S/C15H23N3OS/c1-11(14-5-8-20-10-14)16-9-15-12(2)17-18(13(15)3)6-7-19-4/h5,8,10-11,16H,6-7,9H2,1-4H3/t11-/m1/s1. The zero-order valence-electron chi connectivity index (χ0n) is 12.6. The van der Waals surface area contributed by atoms with Crippen LogP contribution in [0.3, 0.4) is 0 Å². The van der Waals surface area contributed by atoms with Gasteiger partial charge in [0.25, 0.3) is 0 Å². The van der Waals surface area contributed by atoms with E-state index in [4.69, 9.17) is 4.74 Å². The van der Waals surface area contributed by atoms with Crippen molar-refractivity contribution in [2.24, 2.45) is 0 Å². The van der Waals surface area contributed by atoms with E-state index in [9.17, 15) is 0 Å². The van der Waals surface area contributed by atoms with E-state index in [1.165, 1.54) is 16.8 Å². The Kier molecular flexibility index (Phi) is 5.34. The Bertz CT molecular complexity index is 534. The molecule has 20 heavy (non-hydrogen) atoms. The predicted molar refractivity (Wildman–Crippen MR) is 83.2 cm³/mol. The van der Waals surface area contributed by atoms with Crippen molar-refractivity contribution < 1.29 is 4.74 Å². The van der Waals surface area contributed by atoms with Crippen molar-refractivity contribution in [1.82, 2.24) is 15.1 Å². The van der Waals surface area contributed by atoms with E-state index in [0.717, 1.165) is 18.8 Å². The number of hydrogen-bond donors (Lipinski definition) is 1. The number of hydrogen-bond acceptors (Lipinski definition) is 4. The lowest BCUT2D eigenvalue weighted by molar-refractivity contribution is 0.182. The third kappa shape index (κ3) is 3.48. The highest BCUT2D eigenvalue weighted by atomic mass is 32.1. The lowest BCUT2D eigenvalue weighted by Gasteiger charge is -2.13. The Morgan fingerprint density at radius 1 is 1.45 bits per heavy atom. The molecular weight excluding hydrogens is 270 g/mol. The number of aryl methyl sites for hydroxylation is 1. The monoisotopic (exact) mass is 293 g/mol. The van der Waals surface area contributed by atoms with Crippen LogP contribution in [0.4, 0.5) is 0 Å². The summed E-state index contributed by atoms with van der Waals surface area (Å²) in [5.74, 6) is 0. The number of ether oxygens (including phenoxy) is 1. The van der Waals surface area contributed by atoms with Crippen molar-refractivity contribution in [2.75, 3.05) is 13.7 Å². The molecule has 0 amide bonds. The van der Waals surface area contributed by atoms with Gasteiger partial charge in [-0.15, -0.1) is 0 Å². The fraction of sp³-hybridized carbons (Fsp3) is 0.533. The molecule has 0 aliphatic carbocycles. The maximum Gasteiger partial charge on any atom is 0.0658 e. The van der Waals surface area contributed by atoms with Crippen LogP contribution in [0, 0.1) is 13.8 Å². The number of nitrogens with zero attached hydrogens (tertiary/aromatic N) is 2. The molecule has 1 N–H and O–H groups in total. The Hall–Kier alpha value is -1.17. The summed E-state index contributed by atoms with van der Waals surface area (Å²) >= 11 is 1.74. The van der Waals surface area contributed by atoms with Crippen LogP contribution in [0.15, 0.2) is 16.8 Å². The Labute approximate surface area is 124 Å². The predicted octanol–water partition coefficient (Wildman–Crippen LogP) is 3.06. The molecule has 2 aromatic heterocycles. The van der Waals surface area contributed by atoms with Gasteiger partial charge in [-0.25, -0.2) is 0 Å². The average Bonchev–Trinajstić information content (AvgIpc) is 3.04. The van der Waals surface area contributed by atoms with E-state index in [2.05, 4.69) is 48.0 Å². The SMILES string of the molecule is COCCn1nc(C)c(CN[C@H](C)c2ccsc2)c1C. The van der Waals surface area contributed by atoms with Gasteiger partial charge in [-0.2, -0.15) is 16.4 Å². The van der Waals surface area contributed by atoms with Gasteiger partial charge in [0.05, 0.1) is 18.8 Å².